The van der Waals surface area contributed by atoms with E-state index in [1.165, 1.54) is 0 Å². The standard InChI is InChI=1S/C8H16N2O2S/c1-10-5-7(6-10)8-4-9-2-3-13(8,11)12/h7-9H,2-6H2,1H3. The van der Waals surface area contributed by atoms with E-state index in [4.69, 9.17) is 0 Å². The number of rotatable bonds is 1. The summed E-state index contributed by atoms with van der Waals surface area (Å²) in [4.78, 5) is 2.16. The summed E-state index contributed by atoms with van der Waals surface area (Å²) in [6.07, 6.45) is 0. The number of nitrogens with one attached hydrogen (secondary N) is 1. The van der Waals surface area contributed by atoms with Crippen LogP contribution in [-0.2, 0) is 9.84 Å². The summed E-state index contributed by atoms with van der Waals surface area (Å²) < 4.78 is 23.3. The first-order valence-electron chi connectivity index (χ1n) is 4.70. The second-order valence-corrected chi connectivity index (χ2v) is 6.43. The van der Waals surface area contributed by atoms with Crippen molar-refractivity contribution in [1.82, 2.24) is 10.2 Å². The molecule has 0 aromatic rings. The maximum atomic E-state index is 11.7. The molecule has 2 aliphatic rings. The van der Waals surface area contributed by atoms with Crippen molar-refractivity contribution in [2.75, 3.05) is 39.0 Å². The zero-order chi connectivity index (χ0) is 9.47. The number of hydrogen-bond donors (Lipinski definition) is 1. The van der Waals surface area contributed by atoms with Crippen molar-refractivity contribution >= 4 is 9.84 Å². The molecule has 5 heteroatoms. The van der Waals surface area contributed by atoms with Crippen molar-refractivity contribution in [2.45, 2.75) is 5.25 Å². The first-order chi connectivity index (χ1) is 6.09. The fraction of sp³-hybridized carbons (Fsp3) is 1.00. The van der Waals surface area contributed by atoms with Gasteiger partial charge in [-0.15, -0.1) is 0 Å². The first kappa shape index (κ1) is 9.43. The topological polar surface area (TPSA) is 49.4 Å². The van der Waals surface area contributed by atoms with Gasteiger partial charge in [0, 0.05) is 32.1 Å². The van der Waals surface area contributed by atoms with Crippen LogP contribution in [0.2, 0.25) is 0 Å². The summed E-state index contributed by atoms with van der Waals surface area (Å²) in [6.45, 7) is 3.15. The normalized spacial score (nSPS) is 35.6. The smallest absolute Gasteiger partial charge is 0.156 e. The van der Waals surface area contributed by atoms with E-state index in [1.54, 1.807) is 0 Å². The number of hydrogen-bond acceptors (Lipinski definition) is 4. The fourth-order valence-electron chi connectivity index (χ4n) is 2.18. The van der Waals surface area contributed by atoms with Crippen molar-refractivity contribution in [2.24, 2.45) is 5.92 Å². The van der Waals surface area contributed by atoms with Gasteiger partial charge in [0.25, 0.3) is 0 Å². The van der Waals surface area contributed by atoms with Gasteiger partial charge in [-0.3, -0.25) is 0 Å². The molecule has 1 atom stereocenters. The minimum absolute atomic E-state index is 0.127. The predicted molar refractivity (Wildman–Crippen MR) is 51.4 cm³/mol. The molecule has 0 aromatic heterocycles. The molecule has 2 heterocycles. The van der Waals surface area contributed by atoms with Crippen molar-refractivity contribution < 1.29 is 8.42 Å². The van der Waals surface area contributed by atoms with Crippen LogP contribution in [0, 0.1) is 5.92 Å². The Morgan fingerprint density at radius 3 is 2.62 bits per heavy atom. The maximum absolute atomic E-state index is 11.7. The van der Waals surface area contributed by atoms with E-state index in [2.05, 4.69) is 10.2 Å². The summed E-state index contributed by atoms with van der Waals surface area (Å²) in [5.41, 5.74) is 0. The lowest BCUT2D eigenvalue weighted by atomic mass is 9.96. The number of sulfone groups is 1. The van der Waals surface area contributed by atoms with Gasteiger partial charge in [-0.25, -0.2) is 8.42 Å². The molecule has 13 heavy (non-hydrogen) atoms. The van der Waals surface area contributed by atoms with E-state index in [1.807, 2.05) is 7.05 Å². The minimum Gasteiger partial charge on any atom is -0.314 e. The van der Waals surface area contributed by atoms with Crippen LogP contribution in [0.25, 0.3) is 0 Å². The lowest BCUT2D eigenvalue weighted by Crippen LogP contribution is -2.57. The van der Waals surface area contributed by atoms with Crippen molar-refractivity contribution in [3.05, 3.63) is 0 Å². The lowest BCUT2D eigenvalue weighted by molar-refractivity contribution is 0.128. The Morgan fingerprint density at radius 1 is 1.38 bits per heavy atom. The largest absolute Gasteiger partial charge is 0.314 e. The molecule has 2 saturated heterocycles. The van der Waals surface area contributed by atoms with Gasteiger partial charge < -0.3 is 10.2 Å². The molecule has 2 aliphatic heterocycles. The van der Waals surface area contributed by atoms with Crippen LogP contribution in [0.15, 0.2) is 0 Å². The molecule has 0 spiro atoms. The molecule has 0 saturated carbocycles. The molecule has 4 nitrogen and oxygen atoms in total. The Hall–Kier alpha value is -0.130. The first-order valence-corrected chi connectivity index (χ1v) is 6.42. The van der Waals surface area contributed by atoms with Gasteiger partial charge in [0.1, 0.15) is 0 Å². The summed E-state index contributed by atoms with van der Waals surface area (Å²) in [6, 6.07) is 0. The third-order valence-corrected chi connectivity index (χ3v) is 5.24. The molecule has 76 valence electrons. The Kier molecular flexibility index (Phi) is 2.33. The summed E-state index contributed by atoms with van der Waals surface area (Å²) >= 11 is 0. The highest BCUT2D eigenvalue weighted by atomic mass is 32.2. The molecule has 0 aromatic carbocycles. The van der Waals surface area contributed by atoms with Gasteiger partial charge in [0.2, 0.25) is 0 Å². The molecule has 2 rings (SSSR count). The van der Waals surface area contributed by atoms with E-state index in [0.717, 1.165) is 13.1 Å². The van der Waals surface area contributed by atoms with E-state index < -0.39 is 9.84 Å². The van der Waals surface area contributed by atoms with Gasteiger partial charge >= 0.3 is 0 Å². The molecule has 0 aliphatic carbocycles. The van der Waals surface area contributed by atoms with Crippen LogP contribution < -0.4 is 5.32 Å². The Bertz CT molecular complexity index is 283. The van der Waals surface area contributed by atoms with Crippen LogP contribution >= 0.6 is 0 Å². The monoisotopic (exact) mass is 204 g/mol. The quantitative estimate of drug-likeness (QED) is 0.591. The third kappa shape index (κ3) is 1.73. The molecule has 2 fully saturated rings. The summed E-state index contributed by atoms with van der Waals surface area (Å²) in [7, 11) is -0.769. The van der Waals surface area contributed by atoms with E-state index in [9.17, 15) is 8.42 Å². The fourth-order valence-corrected chi connectivity index (χ4v) is 4.04. The Balaban J connectivity index is 2.05. The summed E-state index contributed by atoms with van der Waals surface area (Å²) in [5, 5.41) is 3.03. The molecule has 0 radical (unpaired) electrons. The maximum Gasteiger partial charge on any atom is 0.156 e. The van der Waals surface area contributed by atoms with Crippen molar-refractivity contribution in [1.29, 1.82) is 0 Å². The predicted octanol–water partition coefficient (Wildman–Crippen LogP) is -1.07. The molecular weight excluding hydrogens is 188 g/mol. The minimum atomic E-state index is -2.80. The van der Waals surface area contributed by atoms with Crippen molar-refractivity contribution in [3.63, 3.8) is 0 Å². The zero-order valence-corrected chi connectivity index (χ0v) is 8.68. The SMILES string of the molecule is CN1CC(C2CNCCS2(=O)=O)C1. The molecular formula is C8H16N2O2S. The zero-order valence-electron chi connectivity index (χ0n) is 7.86. The van der Waals surface area contributed by atoms with Crippen molar-refractivity contribution in [3.8, 4) is 0 Å². The highest BCUT2D eigenvalue weighted by molar-refractivity contribution is 7.92. The second kappa shape index (κ2) is 3.22. The van der Waals surface area contributed by atoms with Gasteiger partial charge in [-0.1, -0.05) is 0 Å². The highest BCUT2D eigenvalue weighted by Crippen LogP contribution is 2.24. The molecule has 1 unspecified atom stereocenters. The third-order valence-electron chi connectivity index (χ3n) is 2.99. The average Bonchev–Trinajstić information content (AvgIpc) is 1.99. The van der Waals surface area contributed by atoms with E-state index in [-0.39, 0.29) is 5.25 Å². The van der Waals surface area contributed by atoms with Gasteiger partial charge in [0.05, 0.1) is 11.0 Å². The van der Waals surface area contributed by atoms with Gasteiger partial charge in [0.15, 0.2) is 9.84 Å². The molecule has 0 amide bonds. The average molecular weight is 204 g/mol. The van der Waals surface area contributed by atoms with Crippen LogP contribution in [0.3, 0.4) is 0 Å². The number of nitrogens with zero attached hydrogens (tertiary/aromatic N) is 1. The Morgan fingerprint density at radius 2 is 2.08 bits per heavy atom. The van der Waals surface area contributed by atoms with Crippen LogP contribution in [-0.4, -0.2) is 57.5 Å². The highest BCUT2D eigenvalue weighted by Gasteiger charge is 2.40. The lowest BCUT2D eigenvalue weighted by Gasteiger charge is -2.42. The Labute approximate surface area is 79.2 Å². The van der Waals surface area contributed by atoms with Gasteiger partial charge in [-0.2, -0.15) is 0 Å². The van der Waals surface area contributed by atoms with Crippen LogP contribution in [0.5, 0.6) is 0 Å². The second-order valence-electron chi connectivity index (χ2n) is 4.09. The van der Waals surface area contributed by atoms with E-state index in [0.29, 0.717) is 24.8 Å². The van der Waals surface area contributed by atoms with Crippen LogP contribution in [0.4, 0.5) is 0 Å². The number of likely N-dealkylation sites (tertiary alicyclic amines) is 1. The molecule has 1 N–H and O–H groups in total. The van der Waals surface area contributed by atoms with Crippen LogP contribution in [0.1, 0.15) is 0 Å². The van der Waals surface area contributed by atoms with Gasteiger partial charge in [-0.05, 0) is 7.05 Å². The van der Waals surface area contributed by atoms with E-state index >= 15 is 0 Å². The molecule has 0 bridgehead atoms. The summed E-state index contributed by atoms with van der Waals surface area (Å²) in [5.74, 6) is 0.681.